The average Bonchev–Trinajstić information content (AvgIpc) is 3.16. The molecule has 0 radical (unpaired) electrons. The third kappa shape index (κ3) is 7.07. The lowest BCUT2D eigenvalue weighted by molar-refractivity contribution is -0.143. The van der Waals surface area contributed by atoms with Crippen molar-refractivity contribution in [1.29, 1.82) is 0 Å². The second kappa shape index (κ2) is 12.7. The van der Waals surface area contributed by atoms with E-state index in [9.17, 15) is 18.8 Å². The number of nitrogens with zero attached hydrogens (tertiary/aromatic N) is 4. The van der Waals surface area contributed by atoms with Gasteiger partial charge in [-0.3, -0.25) is 14.5 Å². The van der Waals surface area contributed by atoms with Crippen LogP contribution >= 0.6 is 34.8 Å². The fraction of sp³-hybridized carbons (Fsp3) is 0.227. The van der Waals surface area contributed by atoms with E-state index in [2.05, 4.69) is 20.7 Å². The Kier molecular flexibility index (Phi) is 9.64. The number of aromatic nitrogens is 3. The number of anilines is 2. The van der Waals surface area contributed by atoms with E-state index < -0.39 is 30.5 Å². The molecule has 0 spiro atoms. The molecule has 0 saturated heterocycles. The normalized spacial score (nSPS) is 10.6. The number of esters is 1. The minimum Gasteiger partial charge on any atom is -0.460 e. The Morgan fingerprint density at radius 3 is 2.62 bits per heavy atom. The van der Waals surface area contributed by atoms with E-state index in [1.165, 1.54) is 19.3 Å². The van der Waals surface area contributed by atoms with Crippen LogP contribution in [-0.4, -0.2) is 53.4 Å². The third-order valence-corrected chi connectivity index (χ3v) is 5.86. The quantitative estimate of drug-likeness (QED) is 0.366. The molecule has 1 aromatic carbocycles. The summed E-state index contributed by atoms with van der Waals surface area (Å²) in [5, 5.41) is 8.73. The van der Waals surface area contributed by atoms with Crippen molar-refractivity contribution < 1.29 is 28.2 Å². The minimum absolute atomic E-state index is 0.0254. The molecule has 0 atom stereocenters. The van der Waals surface area contributed by atoms with E-state index in [0.29, 0.717) is 5.56 Å². The number of halogens is 4. The van der Waals surface area contributed by atoms with Crippen LogP contribution in [0.5, 0.6) is 0 Å². The number of carbonyl (C=O) groups excluding carboxylic acids is 3. The molecule has 2 amide bonds. The maximum Gasteiger partial charge on any atom is 0.417 e. The van der Waals surface area contributed by atoms with Crippen molar-refractivity contribution in [3.63, 3.8) is 0 Å². The summed E-state index contributed by atoms with van der Waals surface area (Å²) >= 11 is 18.2. The molecule has 2 heterocycles. The number of hydrogen-bond acceptors (Lipinski definition) is 8. The SMILES string of the molecule is CNCC(=O)OCc1cccnc1N(C)C(=O)OCn1nc(C(=O)Nc2ccc(F)cc2Cl)c(Cl)c1Cl. The summed E-state index contributed by atoms with van der Waals surface area (Å²) in [6.07, 6.45) is 0.619. The Hall–Kier alpha value is -3.45. The van der Waals surface area contributed by atoms with Gasteiger partial charge in [-0.25, -0.2) is 18.9 Å². The van der Waals surface area contributed by atoms with Gasteiger partial charge in [0.15, 0.2) is 12.4 Å². The smallest absolute Gasteiger partial charge is 0.417 e. The Morgan fingerprint density at radius 1 is 1.16 bits per heavy atom. The highest BCUT2D eigenvalue weighted by molar-refractivity contribution is 6.43. The predicted molar refractivity (Wildman–Crippen MR) is 134 cm³/mol. The van der Waals surface area contributed by atoms with Crippen molar-refractivity contribution in [3.05, 3.63) is 68.8 Å². The highest BCUT2D eigenvalue weighted by Crippen LogP contribution is 2.28. The van der Waals surface area contributed by atoms with Gasteiger partial charge < -0.3 is 20.1 Å². The lowest BCUT2D eigenvalue weighted by Crippen LogP contribution is -2.30. The van der Waals surface area contributed by atoms with Gasteiger partial charge in [0.25, 0.3) is 5.91 Å². The summed E-state index contributed by atoms with van der Waals surface area (Å²) < 4.78 is 24.6. The number of amides is 2. The molecular weight excluding hydrogens is 554 g/mol. The number of carbonyl (C=O) groups is 3. The van der Waals surface area contributed by atoms with Crippen molar-refractivity contribution in [3.8, 4) is 0 Å². The Labute approximate surface area is 225 Å². The van der Waals surface area contributed by atoms with Crippen LogP contribution in [0.1, 0.15) is 16.1 Å². The molecule has 0 aliphatic heterocycles. The van der Waals surface area contributed by atoms with Crippen LogP contribution in [0.25, 0.3) is 0 Å². The standard InChI is InChI=1S/C22H20Cl3FN6O5/c1-27-9-16(33)36-10-12-4-3-7-28-20(12)31(2)22(35)37-11-32-19(25)17(24)18(30-32)21(34)29-15-6-5-13(26)8-14(15)23/h3-8,27H,9-11H2,1-2H3,(H,29,34). The molecule has 15 heteroatoms. The second-order valence-electron chi connectivity index (χ2n) is 7.31. The van der Waals surface area contributed by atoms with Gasteiger partial charge in [-0.1, -0.05) is 40.9 Å². The lowest BCUT2D eigenvalue weighted by atomic mass is 10.2. The number of hydrogen-bond donors (Lipinski definition) is 2. The minimum atomic E-state index is -0.840. The van der Waals surface area contributed by atoms with Crippen molar-refractivity contribution in [2.45, 2.75) is 13.3 Å². The molecule has 0 saturated carbocycles. The van der Waals surface area contributed by atoms with Gasteiger partial charge in [-0.2, -0.15) is 5.10 Å². The summed E-state index contributed by atoms with van der Waals surface area (Å²) in [7, 11) is 3.02. The average molecular weight is 574 g/mol. The van der Waals surface area contributed by atoms with Gasteiger partial charge in [-0.05, 0) is 31.3 Å². The van der Waals surface area contributed by atoms with E-state index >= 15 is 0 Å². The van der Waals surface area contributed by atoms with E-state index in [-0.39, 0.29) is 45.5 Å². The van der Waals surface area contributed by atoms with Gasteiger partial charge in [-0.15, -0.1) is 0 Å². The topological polar surface area (TPSA) is 128 Å². The molecular formula is C22H20Cl3FN6O5. The van der Waals surface area contributed by atoms with Crippen LogP contribution in [0.3, 0.4) is 0 Å². The summed E-state index contributed by atoms with van der Waals surface area (Å²) in [5.74, 6) is -1.62. The fourth-order valence-electron chi connectivity index (χ4n) is 2.92. The zero-order valence-electron chi connectivity index (χ0n) is 19.4. The van der Waals surface area contributed by atoms with Crippen molar-refractivity contribution in [2.75, 3.05) is 30.9 Å². The first kappa shape index (κ1) is 28.1. The van der Waals surface area contributed by atoms with Gasteiger partial charge in [0, 0.05) is 18.8 Å². The van der Waals surface area contributed by atoms with Crippen LogP contribution in [-0.2, 0) is 27.6 Å². The zero-order chi connectivity index (χ0) is 27.1. The Bertz CT molecular complexity index is 1320. The van der Waals surface area contributed by atoms with Gasteiger partial charge in [0.1, 0.15) is 28.4 Å². The molecule has 2 N–H and O–H groups in total. The van der Waals surface area contributed by atoms with Crippen LogP contribution < -0.4 is 15.5 Å². The molecule has 196 valence electrons. The molecule has 37 heavy (non-hydrogen) atoms. The summed E-state index contributed by atoms with van der Waals surface area (Å²) in [5.41, 5.74) is 0.322. The number of nitrogens with one attached hydrogen (secondary N) is 2. The fourth-order valence-corrected chi connectivity index (χ4v) is 3.53. The third-order valence-electron chi connectivity index (χ3n) is 4.71. The molecule has 11 nitrogen and oxygen atoms in total. The Morgan fingerprint density at radius 2 is 1.92 bits per heavy atom. The zero-order valence-corrected chi connectivity index (χ0v) is 21.7. The van der Waals surface area contributed by atoms with Crippen molar-refractivity contribution in [1.82, 2.24) is 20.1 Å². The molecule has 3 aromatic rings. The van der Waals surface area contributed by atoms with Crippen LogP contribution in [0.15, 0.2) is 36.5 Å². The molecule has 3 rings (SSSR count). The largest absolute Gasteiger partial charge is 0.460 e. The molecule has 2 aromatic heterocycles. The number of likely N-dealkylation sites (N-methyl/N-ethyl adjacent to an activating group) is 1. The predicted octanol–water partition coefficient (Wildman–Crippen LogP) is 4.12. The monoisotopic (exact) mass is 572 g/mol. The number of ether oxygens (including phenoxy) is 2. The first-order valence-electron chi connectivity index (χ1n) is 10.4. The summed E-state index contributed by atoms with van der Waals surface area (Å²) in [6.45, 7) is -0.582. The molecule has 0 aliphatic rings. The van der Waals surface area contributed by atoms with Gasteiger partial charge in [0.2, 0.25) is 0 Å². The number of pyridine rings is 1. The van der Waals surface area contributed by atoms with E-state index in [1.54, 1.807) is 19.2 Å². The highest BCUT2D eigenvalue weighted by atomic mass is 35.5. The van der Waals surface area contributed by atoms with E-state index in [1.807, 2.05) is 0 Å². The first-order chi connectivity index (χ1) is 17.6. The maximum atomic E-state index is 13.2. The molecule has 0 bridgehead atoms. The Balaban J connectivity index is 1.67. The van der Waals surface area contributed by atoms with E-state index in [0.717, 1.165) is 21.7 Å². The van der Waals surface area contributed by atoms with Crippen LogP contribution in [0, 0.1) is 5.82 Å². The summed E-state index contributed by atoms with van der Waals surface area (Å²) in [6, 6.07) is 6.68. The highest BCUT2D eigenvalue weighted by Gasteiger charge is 2.24. The molecule has 0 aliphatic carbocycles. The molecule has 0 unspecified atom stereocenters. The molecule has 0 fully saturated rings. The number of rotatable bonds is 9. The van der Waals surface area contributed by atoms with Crippen LogP contribution in [0.2, 0.25) is 15.2 Å². The summed E-state index contributed by atoms with van der Waals surface area (Å²) in [4.78, 5) is 42.2. The number of benzene rings is 1. The second-order valence-corrected chi connectivity index (χ2v) is 8.45. The van der Waals surface area contributed by atoms with Gasteiger partial charge in [0.05, 0.1) is 17.3 Å². The van der Waals surface area contributed by atoms with Crippen molar-refractivity contribution >= 4 is 64.3 Å². The maximum absolute atomic E-state index is 13.2. The van der Waals surface area contributed by atoms with Crippen LogP contribution in [0.4, 0.5) is 20.7 Å². The van der Waals surface area contributed by atoms with E-state index in [4.69, 9.17) is 44.3 Å². The van der Waals surface area contributed by atoms with Crippen molar-refractivity contribution in [2.24, 2.45) is 0 Å². The van der Waals surface area contributed by atoms with Gasteiger partial charge >= 0.3 is 12.1 Å². The first-order valence-corrected chi connectivity index (χ1v) is 11.6. The lowest BCUT2D eigenvalue weighted by Gasteiger charge is -2.19.